The van der Waals surface area contributed by atoms with Gasteiger partial charge >= 0.3 is 12.3 Å². The van der Waals surface area contributed by atoms with E-state index in [4.69, 9.17) is 5.11 Å². The van der Waals surface area contributed by atoms with Crippen LogP contribution < -0.4 is 4.74 Å². The van der Waals surface area contributed by atoms with Crippen LogP contribution in [0.4, 0.5) is 13.2 Å². The van der Waals surface area contributed by atoms with Crippen molar-refractivity contribution in [2.45, 2.75) is 13.3 Å². The quantitative estimate of drug-likeness (QED) is 0.859. The normalized spacial score (nSPS) is 12.4. The van der Waals surface area contributed by atoms with Gasteiger partial charge in [-0.3, -0.25) is 0 Å². The summed E-state index contributed by atoms with van der Waals surface area (Å²) in [5.41, 5.74) is -0.0678. The molecule has 18 heavy (non-hydrogen) atoms. The fraction of sp³-hybridized carbons (Fsp3) is 0.182. The molecule has 3 nitrogen and oxygen atoms in total. The topological polar surface area (TPSA) is 46.5 Å². The van der Waals surface area contributed by atoms with E-state index in [-0.39, 0.29) is 11.1 Å². The monoisotopic (exact) mass is 324 g/mol. The molecule has 0 saturated carbocycles. The van der Waals surface area contributed by atoms with Crippen molar-refractivity contribution in [2.75, 3.05) is 0 Å². The van der Waals surface area contributed by atoms with Gasteiger partial charge in [-0.2, -0.15) is 0 Å². The molecule has 98 valence electrons. The SMILES string of the molecule is C/C(=C\c1cc(Br)ccc1OC(F)(F)F)C(=O)O. The van der Waals surface area contributed by atoms with Gasteiger partial charge in [-0.05, 0) is 31.2 Å². The third kappa shape index (κ3) is 4.40. The zero-order chi connectivity index (χ0) is 13.9. The minimum Gasteiger partial charge on any atom is -0.478 e. The Morgan fingerprint density at radius 1 is 1.44 bits per heavy atom. The number of alkyl halides is 3. The lowest BCUT2D eigenvalue weighted by atomic mass is 10.1. The fourth-order valence-electron chi connectivity index (χ4n) is 1.14. The van der Waals surface area contributed by atoms with Crippen LogP contribution in [0.25, 0.3) is 6.08 Å². The number of carboxylic acid groups (broad SMARTS) is 1. The van der Waals surface area contributed by atoms with Crippen LogP contribution >= 0.6 is 15.9 Å². The molecule has 0 spiro atoms. The lowest BCUT2D eigenvalue weighted by molar-refractivity contribution is -0.274. The molecule has 1 aromatic rings. The van der Waals surface area contributed by atoms with Crippen molar-refractivity contribution in [3.05, 3.63) is 33.8 Å². The number of aliphatic carboxylic acids is 1. The number of halogens is 4. The Kier molecular flexibility index (Phi) is 4.39. The van der Waals surface area contributed by atoms with Gasteiger partial charge in [0.1, 0.15) is 5.75 Å². The van der Waals surface area contributed by atoms with E-state index in [1.807, 2.05) is 0 Å². The molecule has 0 atom stereocenters. The van der Waals surface area contributed by atoms with E-state index < -0.39 is 18.1 Å². The van der Waals surface area contributed by atoms with Crippen LogP contribution in [0.15, 0.2) is 28.2 Å². The first-order valence-corrected chi connectivity index (χ1v) is 5.45. The highest BCUT2D eigenvalue weighted by Gasteiger charge is 2.31. The molecule has 7 heteroatoms. The molecule has 0 aliphatic carbocycles. The second kappa shape index (κ2) is 5.43. The molecule has 1 aromatic carbocycles. The number of hydrogen-bond donors (Lipinski definition) is 1. The molecule has 0 bridgehead atoms. The maximum atomic E-state index is 12.1. The van der Waals surface area contributed by atoms with Crippen LogP contribution in [0.1, 0.15) is 12.5 Å². The minimum absolute atomic E-state index is 0.0293. The Bertz CT molecular complexity index is 495. The van der Waals surface area contributed by atoms with Crippen LogP contribution in [0, 0.1) is 0 Å². The van der Waals surface area contributed by atoms with Crippen molar-refractivity contribution in [3.8, 4) is 5.75 Å². The molecule has 0 fully saturated rings. The molecular weight excluding hydrogens is 317 g/mol. The molecule has 1 N–H and O–H groups in total. The summed E-state index contributed by atoms with van der Waals surface area (Å²) >= 11 is 3.09. The predicted molar refractivity (Wildman–Crippen MR) is 62.1 cm³/mol. The van der Waals surface area contributed by atoms with Crippen molar-refractivity contribution in [1.82, 2.24) is 0 Å². The summed E-state index contributed by atoms with van der Waals surface area (Å²) in [6.07, 6.45) is -3.72. The van der Waals surface area contributed by atoms with Crippen LogP contribution in [0.5, 0.6) is 5.75 Å². The summed E-state index contributed by atoms with van der Waals surface area (Å²) in [4.78, 5) is 10.6. The van der Waals surface area contributed by atoms with E-state index in [0.29, 0.717) is 4.47 Å². The van der Waals surface area contributed by atoms with Gasteiger partial charge in [0.2, 0.25) is 0 Å². The van der Waals surface area contributed by atoms with Crippen molar-refractivity contribution >= 4 is 28.0 Å². The van der Waals surface area contributed by atoms with Gasteiger partial charge in [-0.25, -0.2) is 4.79 Å². The first-order valence-electron chi connectivity index (χ1n) is 4.66. The number of ether oxygens (including phenoxy) is 1. The third-order valence-electron chi connectivity index (χ3n) is 1.91. The Balaban J connectivity index is 3.20. The number of carbonyl (C=O) groups is 1. The first-order chi connectivity index (χ1) is 8.19. The summed E-state index contributed by atoms with van der Waals surface area (Å²) in [6.45, 7) is 1.28. The Labute approximate surface area is 109 Å². The largest absolute Gasteiger partial charge is 0.573 e. The first kappa shape index (κ1) is 14.6. The number of rotatable bonds is 3. The molecule has 1 rings (SSSR count). The standard InChI is InChI=1S/C11H8BrF3O3/c1-6(10(16)17)4-7-5-8(12)2-3-9(7)18-11(13,14)15/h2-5H,1H3,(H,16,17)/b6-4+. The summed E-state index contributed by atoms with van der Waals surface area (Å²) < 4.78 is 40.8. The summed E-state index contributed by atoms with van der Waals surface area (Å²) in [5.74, 6) is -1.67. The van der Waals surface area contributed by atoms with Gasteiger partial charge in [0.05, 0.1) is 0 Å². The Hall–Kier alpha value is -1.50. The second-order valence-corrected chi connectivity index (χ2v) is 4.28. The van der Waals surface area contributed by atoms with Gasteiger partial charge in [-0.1, -0.05) is 15.9 Å². The minimum atomic E-state index is -4.83. The van der Waals surface area contributed by atoms with Crippen molar-refractivity contribution in [1.29, 1.82) is 0 Å². The van der Waals surface area contributed by atoms with E-state index >= 15 is 0 Å². The van der Waals surface area contributed by atoms with Crippen molar-refractivity contribution in [3.63, 3.8) is 0 Å². The van der Waals surface area contributed by atoms with Crippen LogP contribution in [0.2, 0.25) is 0 Å². The zero-order valence-electron chi connectivity index (χ0n) is 9.08. The Morgan fingerprint density at radius 3 is 2.56 bits per heavy atom. The van der Waals surface area contributed by atoms with Crippen LogP contribution in [0.3, 0.4) is 0 Å². The highest BCUT2D eigenvalue weighted by molar-refractivity contribution is 9.10. The molecule has 0 saturated heterocycles. The molecular formula is C11H8BrF3O3. The second-order valence-electron chi connectivity index (χ2n) is 3.36. The van der Waals surface area contributed by atoms with Crippen LogP contribution in [-0.2, 0) is 4.79 Å². The van der Waals surface area contributed by atoms with Gasteiger partial charge in [0.25, 0.3) is 0 Å². The van der Waals surface area contributed by atoms with Crippen LogP contribution in [-0.4, -0.2) is 17.4 Å². The molecule has 0 amide bonds. The average molecular weight is 325 g/mol. The number of benzene rings is 1. The zero-order valence-corrected chi connectivity index (χ0v) is 10.7. The summed E-state index contributed by atoms with van der Waals surface area (Å²) in [5, 5.41) is 8.69. The van der Waals surface area contributed by atoms with E-state index in [2.05, 4.69) is 20.7 Å². The molecule has 0 aromatic heterocycles. The van der Waals surface area contributed by atoms with Gasteiger partial charge in [0.15, 0.2) is 0 Å². The molecule has 0 heterocycles. The smallest absolute Gasteiger partial charge is 0.478 e. The molecule has 0 aliphatic rings. The average Bonchev–Trinajstić information content (AvgIpc) is 2.20. The summed E-state index contributed by atoms with van der Waals surface area (Å²) in [6, 6.07) is 3.82. The molecule has 0 aliphatic heterocycles. The third-order valence-corrected chi connectivity index (χ3v) is 2.40. The highest BCUT2D eigenvalue weighted by Crippen LogP contribution is 2.30. The van der Waals surface area contributed by atoms with Gasteiger partial charge in [-0.15, -0.1) is 13.2 Å². The number of hydrogen-bond acceptors (Lipinski definition) is 2. The fourth-order valence-corrected chi connectivity index (χ4v) is 1.52. The van der Waals surface area contributed by atoms with Gasteiger partial charge in [0, 0.05) is 15.6 Å². The Morgan fingerprint density at radius 2 is 2.06 bits per heavy atom. The lowest BCUT2D eigenvalue weighted by Gasteiger charge is -2.12. The maximum Gasteiger partial charge on any atom is 0.573 e. The lowest BCUT2D eigenvalue weighted by Crippen LogP contribution is -2.17. The van der Waals surface area contributed by atoms with E-state index in [1.54, 1.807) is 0 Å². The summed E-state index contributed by atoms with van der Waals surface area (Å²) in [7, 11) is 0. The van der Waals surface area contributed by atoms with E-state index in [0.717, 1.165) is 12.1 Å². The molecule has 0 radical (unpaired) electrons. The predicted octanol–water partition coefficient (Wildman–Crippen LogP) is 3.84. The van der Waals surface area contributed by atoms with Gasteiger partial charge < -0.3 is 9.84 Å². The van der Waals surface area contributed by atoms with E-state index in [1.165, 1.54) is 19.1 Å². The number of carboxylic acids is 1. The molecule has 0 unspecified atom stereocenters. The van der Waals surface area contributed by atoms with Crippen molar-refractivity contribution in [2.24, 2.45) is 0 Å². The highest BCUT2D eigenvalue weighted by atomic mass is 79.9. The van der Waals surface area contributed by atoms with E-state index in [9.17, 15) is 18.0 Å². The van der Waals surface area contributed by atoms with Crippen molar-refractivity contribution < 1.29 is 27.8 Å². The maximum absolute atomic E-state index is 12.1.